The van der Waals surface area contributed by atoms with Gasteiger partial charge in [0.25, 0.3) is 0 Å². The number of para-hydroxylation sites is 4. The normalized spacial score (nSPS) is 12.7. The van der Waals surface area contributed by atoms with Crippen LogP contribution in [0.2, 0.25) is 0 Å². The molecule has 302 valence electrons. The van der Waals surface area contributed by atoms with E-state index < -0.39 is 0 Å². The van der Waals surface area contributed by atoms with Crippen LogP contribution >= 0.6 is 0 Å². The largest absolute Gasteiger partial charge is 0.309 e. The summed E-state index contributed by atoms with van der Waals surface area (Å²) in [5.41, 5.74) is 15.5. The molecular weight excluding hydrogens is 779 g/mol. The van der Waals surface area contributed by atoms with Gasteiger partial charge in [0.1, 0.15) is 0 Å². The lowest BCUT2D eigenvalue weighted by Gasteiger charge is -2.15. The number of aryl methyl sites for hydroxylation is 1. The molecule has 5 nitrogen and oxygen atoms in total. The Balaban J connectivity index is 1.08. The van der Waals surface area contributed by atoms with Gasteiger partial charge < -0.3 is 9.13 Å². The van der Waals surface area contributed by atoms with Gasteiger partial charge in [0, 0.05) is 60.7 Å². The van der Waals surface area contributed by atoms with Gasteiger partial charge in [0.15, 0.2) is 17.5 Å². The van der Waals surface area contributed by atoms with Crippen molar-refractivity contribution in [3.8, 4) is 62.1 Å². The number of nitrogens with zero attached hydrogens (tertiary/aromatic N) is 5. The van der Waals surface area contributed by atoms with Crippen LogP contribution in [0.1, 0.15) is 12.0 Å². The van der Waals surface area contributed by atoms with Gasteiger partial charge in [-0.2, -0.15) is 0 Å². The third-order valence-electron chi connectivity index (χ3n) is 12.4. The number of benzene rings is 8. The molecule has 0 spiro atoms. The molecule has 64 heavy (non-hydrogen) atoms. The maximum Gasteiger partial charge on any atom is 0.164 e. The molecule has 5 heteroatoms. The summed E-state index contributed by atoms with van der Waals surface area (Å²) in [6.45, 7) is 2.10. The molecule has 0 atom stereocenters. The number of hydrogen-bond donors (Lipinski definition) is 0. The van der Waals surface area contributed by atoms with E-state index in [0.717, 1.165) is 62.3 Å². The number of fused-ring (bicyclic) bond motifs is 6. The van der Waals surface area contributed by atoms with Crippen LogP contribution in [-0.2, 0) is 0 Å². The lowest BCUT2D eigenvalue weighted by Crippen LogP contribution is -2.00. The Labute approximate surface area is 371 Å². The quantitative estimate of drug-likeness (QED) is 0.161. The molecule has 11 aromatic rings. The van der Waals surface area contributed by atoms with Crippen LogP contribution in [0, 0.1) is 6.92 Å². The van der Waals surface area contributed by atoms with Gasteiger partial charge in [-0.25, -0.2) is 15.0 Å². The second-order valence-corrected chi connectivity index (χ2v) is 16.4. The standard InChI is InChI=1S/C59H41N5/c1-39-18-14-22-43(36-39)58-60-57(40-19-6-4-7-20-40)61-59(62-58)44-23-15-21-41(37-44)47-29-16-31-51-52-32-17-30-48(56(52)64(55(47)51)46-26-8-2-3-9-27-46)42-34-35-50-49-28-12-13-33-53(49)63(54(50)38-42)45-24-10-5-11-25-45/h2-8,10-38H,9H2,1H3. The minimum absolute atomic E-state index is 0.631. The zero-order chi connectivity index (χ0) is 42.6. The Kier molecular flexibility index (Phi) is 9.04. The number of allylic oxidation sites excluding steroid dienone is 6. The first-order valence-electron chi connectivity index (χ1n) is 21.8. The summed E-state index contributed by atoms with van der Waals surface area (Å²) in [6, 6.07) is 67.1. The van der Waals surface area contributed by atoms with Crippen molar-refractivity contribution in [3.05, 3.63) is 224 Å². The molecule has 12 rings (SSSR count). The number of aromatic nitrogens is 5. The average Bonchev–Trinajstić information content (AvgIpc) is 3.73. The first kappa shape index (κ1) is 37.4. The predicted octanol–water partition coefficient (Wildman–Crippen LogP) is 15.1. The van der Waals surface area contributed by atoms with Crippen molar-refractivity contribution in [3.63, 3.8) is 0 Å². The van der Waals surface area contributed by atoms with E-state index in [2.05, 4.69) is 216 Å². The van der Waals surface area contributed by atoms with Gasteiger partial charge in [-0.15, -0.1) is 0 Å². The Morgan fingerprint density at radius 1 is 0.406 bits per heavy atom. The number of rotatable bonds is 7. The molecule has 1 aliphatic carbocycles. The summed E-state index contributed by atoms with van der Waals surface area (Å²) in [6.07, 6.45) is 11.9. The van der Waals surface area contributed by atoms with Gasteiger partial charge in [-0.05, 0) is 66.9 Å². The van der Waals surface area contributed by atoms with Crippen LogP contribution < -0.4 is 0 Å². The van der Waals surface area contributed by atoms with E-state index in [4.69, 9.17) is 15.0 Å². The Morgan fingerprint density at radius 3 is 1.70 bits per heavy atom. The molecule has 0 aliphatic heterocycles. The van der Waals surface area contributed by atoms with Crippen molar-refractivity contribution in [2.24, 2.45) is 0 Å². The van der Waals surface area contributed by atoms with Crippen molar-refractivity contribution < 1.29 is 0 Å². The van der Waals surface area contributed by atoms with Crippen LogP contribution in [-0.4, -0.2) is 24.1 Å². The zero-order valence-corrected chi connectivity index (χ0v) is 35.2. The lowest BCUT2D eigenvalue weighted by atomic mass is 9.98. The third-order valence-corrected chi connectivity index (χ3v) is 12.4. The van der Waals surface area contributed by atoms with Gasteiger partial charge in [-0.1, -0.05) is 182 Å². The zero-order valence-electron chi connectivity index (χ0n) is 35.2. The van der Waals surface area contributed by atoms with E-state index in [1.165, 1.54) is 43.7 Å². The van der Waals surface area contributed by atoms with E-state index in [1.54, 1.807) is 0 Å². The number of hydrogen-bond acceptors (Lipinski definition) is 3. The summed E-state index contributed by atoms with van der Waals surface area (Å²) >= 11 is 0. The summed E-state index contributed by atoms with van der Waals surface area (Å²) in [4.78, 5) is 15.2. The molecule has 8 aromatic carbocycles. The molecule has 1 aliphatic rings. The molecule has 3 heterocycles. The Hall–Kier alpha value is -8.41. The van der Waals surface area contributed by atoms with Crippen LogP contribution in [0.3, 0.4) is 0 Å². The molecule has 0 amide bonds. The van der Waals surface area contributed by atoms with E-state index in [-0.39, 0.29) is 0 Å². The molecule has 0 bridgehead atoms. The van der Waals surface area contributed by atoms with E-state index in [0.29, 0.717) is 17.5 Å². The Morgan fingerprint density at radius 2 is 0.969 bits per heavy atom. The first-order chi connectivity index (χ1) is 31.7. The molecule has 0 saturated carbocycles. The van der Waals surface area contributed by atoms with Crippen molar-refractivity contribution in [2.45, 2.75) is 13.3 Å². The van der Waals surface area contributed by atoms with Crippen LogP contribution in [0.15, 0.2) is 218 Å². The van der Waals surface area contributed by atoms with Gasteiger partial charge >= 0.3 is 0 Å². The van der Waals surface area contributed by atoms with Crippen molar-refractivity contribution in [1.82, 2.24) is 24.1 Å². The monoisotopic (exact) mass is 819 g/mol. The topological polar surface area (TPSA) is 48.5 Å². The molecule has 0 radical (unpaired) electrons. The lowest BCUT2D eigenvalue weighted by molar-refractivity contribution is 1.07. The molecule has 3 aromatic heterocycles. The smallest absolute Gasteiger partial charge is 0.164 e. The fourth-order valence-electron chi connectivity index (χ4n) is 9.53. The van der Waals surface area contributed by atoms with Gasteiger partial charge in [-0.3, -0.25) is 0 Å². The third kappa shape index (κ3) is 6.37. The highest BCUT2D eigenvalue weighted by molar-refractivity contribution is 6.19. The predicted molar refractivity (Wildman–Crippen MR) is 266 cm³/mol. The molecule has 0 N–H and O–H groups in total. The minimum Gasteiger partial charge on any atom is -0.309 e. The first-order valence-corrected chi connectivity index (χ1v) is 21.8. The SMILES string of the molecule is Cc1cccc(-c2nc(-c3ccccc3)nc(-c3cccc(-c4cccc5c6cccc(-c7ccc8c9ccccc9n(-c9ccccc9)c8c7)c6n(C6=CCC=CC=C6)c45)c3)n2)c1. The summed E-state index contributed by atoms with van der Waals surface area (Å²) in [5, 5.41) is 4.87. The van der Waals surface area contributed by atoms with E-state index >= 15 is 0 Å². The summed E-state index contributed by atoms with van der Waals surface area (Å²) in [5.74, 6) is 1.92. The van der Waals surface area contributed by atoms with Crippen molar-refractivity contribution >= 4 is 49.3 Å². The fraction of sp³-hybridized carbons (Fsp3) is 0.0339. The second-order valence-electron chi connectivity index (χ2n) is 16.4. The second kappa shape index (κ2) is 15.5. The van der Waals surface area contributed by atoms with E-state index in [1.807, 2.05) is 18.2 Å². The van der Waals surface area contributed by atoms with E-state index in [9.17, 15) is 0 Å². The summed E-state index contributed by atoms with van der Waals surface area (Å²) < 4.78 is 4.89. The fourth-order valence-corrected chi connectivity index (χ4v) is 9.53. The average molecular weight is 820 g/mol. The Bertz CT molecular complexity index is 3700. The highest BCUT2D eigenvalue weighted by atomic mass is 15.0. The molecular formula is C59H41N5. The van der Waals surface area contributed by atoms with Crippen LogP contribution in [0.4, 0.5) is 0 Å². The highest BCUT2D eigenvalue weighted by Crippen LogP contribution is 2.44. The molecule has 0 saturated heterocycles. The highest BCUT2D eigenvalue weighted by Gasteiger charge is 2.22. The summed E-state index contributed by atoms with van der Waals surface area (Å²) in [7, 11) is 0. The van der Waals surface area contributed by atoms with Crippen LogP contribution in [0.25, 0.3) is 111 Å². The van der Waals surface area contributed by atoms with Crippen LogP contribution in [0.5, 0.6) is 0 Å². The molecule has 0 unspecified atom stereocenters. The molecule has 0 fully saturated rings. The maximum absolute atomic E-state index is 5.13. The van der Waals surface area contributed by atoms with Crippen molar-refractivity contribution in [2.75, 3.05) is 0 Å². The van der Waals surface area contributed by atoms with Gasteiger partial charge in [0.05, 0.1) is 22.1 Å². The van der Waals surface area contributed by atoms with Crippen molar-refractivity contribution in [1.29, 1.82) is 0 Å². The maximum atomic E-state index is 5.13. The van der Waals surface area contributed by atoms with Gasteiger partial charge in [0.2, 0.25) is 0 Å². The minimum atomic E-state index is 0.631.